The predicted molar refractivity (Wildman–Crippen MR) is 169 cm³/mol. The molecular formula is C38H23NO. The Morgan fingerprint density at radius 1 is 0.400 bits per heavy atom. The summed E-state index contributed by atoms with van der Waals surface area (Å²) < 4.78 is 9.08. The van der Waals surface area contributed by atoms with Gasteiger partial charge in [0, 0.05) is 27.2 Å². The molecule has 186 valence electrons. The molecule has 0 radical (unpaired) electrons. The van der Waals surface area contributed by atoms with Gasteiger partial charge in [0.05, 0.1) is 16.4 Å². The van der Waals surface area contributed by atoms with Gasteiger partial charge in [0.25, 0.3) is 0 Å². The molecule has 0 atom stereocenters. The average Bonchev–Trinajstić information content (AvgIpc) is 3.58. The van der Waals surface area contributed by atoms with Crippen molar-refractivity contribution in [2.45, 2.75) is 0 Å². The van der Waals surface area contributed by atoms with Crippen molar-refractivity contribution in [1.29, 1.82) is 0 Å². The first-order valence-corrected chi connectivity index (χ1v) is 13.7. The van der Waals surface area contributed by atoms with Crippen LogP contribution in [0, 0.1) is 0 Å². The second-order valence-corrected chi connectivity index (χ2v) is 10.5. The molecule has 0 spiro atoms. The zero-order valence-electron chi connectivity index (χ0n) is 21.6. The van der Waals surface area contributed by atoms with Crippen LogP contribution in [0.4, 0.5) is 0 Å². The molecule has 2 heterocycles. The Hall–Kier alpha value is -5.34. The summed E-state index contributed by atoms with van der Waals surface area (Å²) in [5.74, 6) is 0. The molecule has 7 aromatic carbocycles. The summed E-state index contributed by atoms with van der Waals surface area (Å²) in [6.07, 6.45) is 0. The first kappa shape index (κ1) is 21.6. The van der Waals surface area contributed by atoms with Crippen molar-refractivity contribution in [3.63, 3.8) is 0 Å². The van der Waals surface area contributed by atoms with Crippen molar-refractivity contribution in [2.24, 2.45) is 0 Å². The molecule has 0 fully saturated rings. The Balaban J connectivity index is 1.50. The highest BCUT2D eigenvalue weighted by Crippen LogP contribution is 2.46. The molecule has 0 N–H and O–H groups in total. The number of para-hydroxylation sites is 1. The maximum Gasteiger partial charge on any atom is 0.145 e. The predicted octanol–water partition coefficient (Wildman–Crippen LogP) is 10.7. The number of benzene rings is 7. The largest absolute Gasteiger partial charge is 0.455 e. The highest BCUT2D eigenvalue weighted by atomic mass is 16.3. The summed E-state index contributed by atoms with van der Waals surface area (Å²) in [6, 6.07) is 49.9. The third-order valence-corrected chi connectivity index (χ3v) is 8.38. The van der Waals surface area contributed by atoms with Crippen molar-refractivity contribution >= 4 is 65.3 Å². The van der Waals surface area contributed by atoms with Crippen LogP contribution >= 0.6 is 0 Å². The Bertz CT molecular complexity index is 2410. The maximum absolute atomic E-state index is 6.65. The fourth-order valence-corrected chi connectivity index (χ4v) is 6.64. The van der Waals surface area contributed by atoms with Crippen LogP contribution in [0.25, 0.3) is 82.1 Å². The zero-order chi connectivity index (χ0) is 26.2. The molecule has 9 rings (SSSR count). The molecule has 0 saturated carbocycles. The van der Waals surface area contributed by atoms with E-state index in [0.717, 1.165) is 38.5 Å². The average molecular weight is 510 g/mol. The molecule has 0 bridgehead atoms. The maximum atomic E-state index is 6.65. The van der Waals surface area contributed by atoms with Crippen molar-refractivity contribution in [1.82, 2.24) is 4.57 Å². The molecule has 0 aliphatic heterocycles. The van der Waals surface area contributed by atoms with E-state index in [1.807, 2.05) is 6.07 Å². The van der Waals surface area contributed by atoms with Gasteiger partial charge in [0.15, 0.2) is 0 Å². The zero-order valence-corrected chi connectivity index (χ0v) is 21.6. The Labute approximate surface area is 230 Å². The highest BCUT2D eigenvalue weighted by Gasteiger charge is 2.22. The standard InChI is InChI=1S/C38H23NO/c1-2-10-24(11-3-1)25-18-20-26(21-19-25)39-33-23-22-32-29-14-8-9-17-34(29)40-38(32)36(33)35-30-15-6-4-12-27(30)28-13-5-7-16-31(28)37(35)39/h1-23H. The normalized spacial score (nSPS) is 12.0. The van der Waals surface area contributed by atoms with Gasteiger partial charge in [-0.2, -0.15) is 0 Å². The summed E-state index contributed by atoms with van der Waals surface area (Å²) >= 11 is 0. The molecule has 9 aromatic rings. The first-order chi connectivity index (χ1) is 19.9. The Morgan fingerprint density at radius 3 is 1.77 bits per heavy atom. The van der Waals surface area contributed by atoms with Gasteiger partial charge in [-0.1, -0.05) is 109 Å². The molecule has 2 aromatic heterocycles. The monoisotopic (exact) mass is 509 g/mol. The third-order valence-electron chi connectivity index (χ3n) is 8.38. The van der Waals surface area contributed by atoms with Crippen molar-refractivity contribution in [3.05, 3.63) is 140 Å². The molecule has 2 nitrogen and oxygen atoms in total. The third kappa shape index (κ3) is 2.88. The summed E-state index contributed by atoms with van der Waals surface area (Å²) in [5.41, 5.74) is 7.79. The van der Waals surface area contributed by atoms with Crippen LogP contribution < -0.4 is 0 Å². The van der Waals surface area contributed by atoms with Gasteiger partial charge in [-0.05, 0) is 57.6 Å². The summed E-state index contributed by atoms with van der Waals surface area (Å²) in [7, 11) is 0. The van der Waals surface area contributed by atoms with E-state index in [-0.39, 0.29) is 0 Å². The summed E-state index contributed by atoms with van der Waals surface area (Å²) in [5, 5.41) is 9.71. The number of fused-ring (bicyclic) bond motifs is 12. The van der Waals surface area contributed by atoms with E-state index in [1.165, 1.54) is 43.6 Å². The van der Waals surface area contributed by atoms with E-state index < -0.39 is 0 Å². The van der Waals surface area contributed by atoms with Crippen LogP contribution in [0.5, 0.6) is 0 Å². The van der Waals surface area contributed by atoms with Crippen LogP contribution in [0.15, 0.2) is 144 Å². The molecule has 0 saturated heterocycles. The van der Waals surface area contributed by atoms with Crippen molar-refractivity contribution in [2.75, 3.05) is 0 Å². The highest BCUT2D eigenvalue weighted by molar-refractivity contribution is 6.36. The van der Waals surface area contributed by atoms with E-state index in [4.69, 9.17) is 4.42 Å². The summed E-state index contributed by atoms with van der Waals surface area (Å²) in [4.78, 5) is 0. The molecule has 0 amide bonds. The Kier molecular flexibility index (Phi) is 4.36. The fraction of sp³-hybridized carbons (Fsp3) is 0. The Morgan fingerprint density at radius 2 is 1.00 bits per heavy atom. The van der Waals surface area contributed by atoms with E-state index >= 15 is 0 Å². The van der Waals surface area contributed by atoms with E-state index in [0.29, 0.717) is 0 Å². The quantitative estimate of drug-likeness (QED) is 0.212. The summed E-state index contributed by atoms with van der Waals surface area (Å²) in [6.45, 7) is 0. The smallest absolute Gasteiger partial charge is 0.145 e. The molecule has 2 heteroatoms. The van der Waals surface area contributed by atoms with Gasteiger partial charge in [-0.3, -0.25) is 0 Å². The number of hydrogen-bond acceptors (Lipinski definition) is 1. The van der Waals surface area contributed by atoms with Gasteiger partial charge in [0.2, 0.25) is 0 Å². The van der Waals surface area contributed by atoms with Crippen molar-refractivity contribution in [3.8, 4) is 16.8 Å². The van der Waals surface area contributed by atoms with Crippen LogP contribution in [0.3, 0.4) is 0 Å². The topological polar surface area (TPSA) is 18.1 Å². The number of furan rings is 1. The van der Waals surface area contributed by atoms with Crippen molar-refractivity contribution < 1.29 is 4.42 Å². The van der Waals surface area contributed by atoms with Gasteiger partial charge in [-0.25, -0.2) is 0 Å². The minimum atomic E-state index is 0.920. The van der Waals surface area contributed by atoms with Gasteiger partial charge in [0.1, 0.15) is 11.2 Å². The first-order valence-electron chi connectivity index (χ1n) is 13.7. The van der Waals surface area contributed by atoms with Crippen LogP contribution in [0.1, 0.15) is 0 Å². The minimum absolute atomic E-state index is 0.920. The SMILES string of the molecule is c1ccc(-c2ccc(-n3c4ccc5c6ccccc6oc5c4c4c5ccccc5c5ccccc5c43)cc2)cc1. The lowest BCUT2D eigenvalue weighted by molar-refractivity contribution is 0.673. The second-order valence-electron chi connectivity index (χ2n) is 10.5. The van der Waals surface area contributed by atoms with Gasteiger partial charge in [-0.15, -0.1) is 0 Å². The van der Waals surface area contributed by atoms with Gasteiger partial charge < -0.3 is 8.98 Å². The van der Waals surface area contributed by atoms with E-state index in [2.05, 4.69) is 138 Å². The molecular weight excluding hydrogens is 486 g/mol. The number of rotatable bonds is 2. The number of aromatic nitrogens is 1. The molecule has 0 aliphatic carbocycles. The number of nitrogens with zero attached hydrogens (tertiary/aromatic N) is 1. The van der Waals surface area contributed by atoms with Crippen LogP contribution in [-0.2, 0) is 0 Å². The fourth-order valence-electron chi connectivity index (χ4n) is 6.64. The lowest BCUT2D eigenvalue weighted by Gasteiger charge is -2.12. The van der Waals surface area contributed by atoms with Crippen LogP contribution in [0.2, 0.25) is 0 Å². The lowest BCUT2D eigenvalue weighted by atomic mass is 9.96. The lowest BCUT2D eigenvalue weighted by Crippen LogP contribution is -1.95. The minimum Gasteiger partial charge on any atom is -0.455 e. The molecule has 40 heavy (non-hydrogen) atoms. The van der Waals surface area contributed by atoms with Crippen LogP contribution in [-0.4, -0.2) is 4.57 Å². The molecule has 0 aliphatic rings. The number of hydrogen-bond donors (Lipinski definition) is 0. The van der Waals surface area contributed by atoms with Gasteiger partial charge >= 0.3 is 0 Å². The second kappa shape index (κ2) is 8.08. The molecule has 0 unspecified atom stereocenters. The van der Waals surface area contributed by atoms with E-state index in [9.17, 15) is 0 Å². The van der Waals surface area contributed by atoms with E-state index in [1.54, 1.807) is 0 Å².